The van der Waals surface area contributed by atoms with Crippen molar-refractivity contribution in [3.05, 3.63) is 50.6 Å². The number of carbonyl (C=O) groups is 1. The largest absolute Gasteiger partial charge is 0.496 e. The van der Waals surface area contributed by atoms with Crippen LogP contribution in [0.15, 0.2) is 40.2 Å². The van der Waals surface area contributed by atoms with Crippen molar-refractivity contribution >= 4 is 33.0 Å². The van der Waals surface area contributed by atoms with Gasteiger partial charge in [-0.1, -0.05) is 12.1 Å². The summed E-state index contributed by atoms with van der Waals surface area (Å²) in [5.41, 5.74) is 0.597. The zero-order chi connectivity index (χ0) is 11.5. The van der Waals surface area contributed by atoms with E-state index in [1.54, 1.807) is 19.2 Å². The van der Waals surface area contributed by atoms with Crippen LogP contribution in [0.25, 0.3) is 0 Å². The van der Waals surface area contributed by atoms with Crippen molar-refractivity contribution in [1.82, 2.24) is 0 Å². The molecule has 2 nitrogen and oxygen atoms in total. The second-order valence-electron chi connectivity index (χ2n) is 3.13. The molecule has 0 aliphatic rings. The maximum absolute atomic E-state index is 12.1. The first-order valence-electron chi connectivity index (χ1n) is 4.65. The van der Waals surface area contributed by atoms with E-state index in [0.717, 1.165) is 3.79 Å². The fourth-order valence-electron chi connectivity index (χ4n) is 1.40. The highest BCUT2D eigenvalue weighted by atomic mass is 79.9. The number of para-hydroxylation sites is 1. The summed E-state index contributed by atoms with van der Waals surface area (Å²) in [6, 6.07) is 10.9. The summed E-state index contributed by atoms with van der Waals surface area (Å²) in [4.78, 5) is 12.9. The van der Waals surface area contributed by atoms with Crippen LogP contribution in [-0.4, -0.2) is 12.9 Å². The van der Waals surface area contributed by atoms with E-state index in [-0.39, 0.29) is 5.78 Å². The Morgan fingerprint density at radius 3 is 2.62 bits per heavy atom. The van der Waals surface area contributed by atoms with Crippen LogP contribution in [0.1, 0.15) is 15.2 Å². The molecule has 0 aliphatic heterocycles. The highest BCUT2D eigenvalue weighted by molar-refractivity contribution is 9.11. The van der Waals surface area contributed by atoms with Gasteiger partial charge in [-0.25, -0.2) is 0 Å². The van der Waals surface area contributed by atoms with Gasteiger partial charge in [0.1, 0.15) is 5.75 Å². The summed E-state index contributed by atoms with van der Waals surface area (Å²) in [5, 5.41) is 0. The Bertz CT molecular complexity index is 519. The van der Waals surface area contributed by atoms with Crippen LogP contribution in [0.5, 0.6) is 5.75 Å². The maximum atomic E-state index is 12.1. The zero-order valence-corrected chi connectivity index (χ0v) is 11.0. The molecule has 4 heteroatoms. The molecule has 0 spiro atoms. The molecule has 1 aromatic carbocycles. The number of carbonyl (C=O) groups excluding carboxylic acids is 1. The molecule has 2 rings (SSSR count). The Morgan fingerprint density at radius 1 is 1.25 bits per heavy atom. The van der Waals surface area contributed by atoms with E-state index >= 15 is 0 Å². The number of rotatable bonds is 3. The van der Waals surface area contributed by atoms with Gasteiger partial charge in [-0.3, -0.25) is 4.79 Å². The average molecular weight is 297 g/mol. The number of benzene rings is 1. The van der Waals surface area contributed by atoms with Gasteiger partial charge in [0.2, 0.25) is 5.78 Å². The molecule has 1 aromatic heterocycles. The standard InChI is InChI=1S/C12H9BrO2S/c1-15-9-5-3-2-4-8(9)12(14)10-6-7-11(13)16-10/h2-7H,1H3. The van der Waals surface area contributed by atoms with Crippen molar-refractivity contribution < 1.29 is 9.53 Å². The molecule has 1 heterocycles. The summed E-state index contributed by atoms with van der Waals surface area (Å²) in [6.07, 6.45) is 0. The number of thiophene rings is 1. The minimum atomic E-state index is -0.00634. The first-order valence-corrected chi connectivity index (χ1v) is 6.26. The van der Waals surface area contributed by atoms with Crippen LogP contribution < -0.4 is 4.74 Å². The van der Waals surface area contributed by atoms with Gasteiger partial charge in [0.05, 0.1) is 21.3 Å². The molecule has 0 saturated carbocycles. The maximum Gasteiger partial charge on any atom is 0.206 e. The number of ketones is 1. The molecule has 82 valence electrons. The van der Waals surface area contributed by atoms with Gasteiger partial charge < -0.3 is 4.74 Å². The molecule has 0 atom stereocenters. The van der Waals surface area contributed by atoms with Crippen LogP contribution in [-0.2, 0) is 0 Å². The lowest BCUT2D eigenvalue weighted by molar-refractivity contribution is 0.103. The summed E-state index contributed by atoms with van der Waals surface area (Å²) in [5.74, 6) is 0.602. The normalized spacial score (nSPS) is 10.1. The Kier molecular flexibility index (Phi) is 3.41. The average Bonchev–Trinajstić information content (AvgIpc) is 2.75. The lowest BCUT2D eigenvalue weighted by Crippen LogP contribution is -2.01. The van der Waals surface area contributed by atoms with Gasteiger partial charge in [0, 0.05) is 0 Å². The lowest BCUT2D eigenvalue weighted by atomic mass is 10.1. The number of hydrogen-bond acceptors (Lipinski definition) is 3. The molecule has 2 aromatic rings. The van der Waals surface area contributed by atoms with E-state index < -0.39 is 0 Å². The van der Waals surface area contributed by atoms with Gasteiger partial charge in [0.25, 0.3) is 0 Å². The highest BCUT2D eigenvalue weighted by Crippen LogP contribution is 2.27. The second-order valence-corrected chi connectivity index (χ2v) is 5.60. The van der Waals surface area contributed by atoms with Crippen molar-refractivity contribution in [3.63, 3.8) is 0 Å². The molecule has 0 amide bonds. The van der Waals surface area contributed by atoms with Crippen molar-refractivity contribution in [1.29, 1.82) is 0 Å². The number of ether oxygens (including phenoxy) is 1. The summed E-state index contributed by atoms with van der Waals surface area (Å²) in [6.45, 7) is 0. The fourth-order valence-corrected chi connectivity index (χ4v) is 2.74. The molecule has 0 unspecified atom stereocenters. The van der Waals surface area contributed by atoms with E-state index in [2.05, 4.69) is 15.9 Å². The van der Waals surface area contributed by atoms with Crippen LogP contribution >= 0.6 is 27.3 Å². The summed E-state index contributed by atoms with van der Waals surface area (Å²) in [7, 11) is 1.57. The number of methoxy groups -OCH3 is 1. The first kappa shape index (κ1) is 11.4. The van der Waals surface area contributed by atoms with Gasteiger partial charge in [-0.05, 0) is 40.2 Å². The van der Waals surface area contributed by atoms with E-state index in [1.165, 1.54) is 11.3 Å². The van der Waals surface area contributed by atoms with Crippen molar-refractivity contribution in [3.8, 4) is 5.75 Å². The monoisotopic (exact) mass is 296 g/mol. The van der Waals surface area contributed by atoms with Crippen molar-refractivity contribution in [2.75, 3.05) is 7.11 Å². The van der Waals surface area contributed by atoms with Gasteiger partial charge in [-0.15, -0.1) is 11.3 Å². The van der Waals surface area contributed by atoms with Gasteiger partial charge in [-0.2, -0.15) is 0 Å². The molecule has 0 aliphatic carbocycles. The third kappa shape index (κ3) is 2.18. The molecular weight excluding hydrogens is 288 g/mol. The highest BCUT2D eigenvalue weighted by Gasteiger charge is 2.15. The van der Waals surface area contributed by atoms with Crippen LogP contribution in [0.2, 0.25) is 0 Å². The Hall–Kier alpha value is -1.13. The Morgan fingerprint density at radius 2 is 2.00 bits per heavy atom. The lowest BCUT2D eigenvalue weighted by Gasteiger charge is -2.05. The minimum Gasteiger partial charge on any atom is -0.496 e. The topological polar surface area (TPSA) is 26.3 Å². The predicted molar refractivity (Wildman–Crippen MR) is 68.4 cm³/mol. The van der Waals surface area contributed by atoms with E-state index in [1.807, 2.05) is 24.3 Å². The quantitative estimate of drug-likeness (QED) is 0.807. The SMILES string of the molecule is COc1ccccc1C(=O)c1ccc(Br)s1. The smallest absolute Gasteiger partial charge is 0.206 e. The van der Waals surface area contributed by atoms with E-state index in [4.69, 9.17) is 4.74 Å². The number of halogens is 1. The van der Waals surface area contributed by atoms with Crippen LogP contribution in [0.3, 0.4) is 0 Å². The van der Waals surface area contributed by atoms with Gasteiger partial charge >= 0.3 is 0 Å². The fraction of sp³-hybridized carbons (Fsp3) is 0.0833. The molecule has 0 fully saturated rings. The van der Waals surface area contributed by atoms with Crippen LogP contribution in [0.4, 0.5) is 0 Å². The Balaban J connectivity index is 2.41. The summed E-state index contributed by atoms with van der Waals surface area (Å²) < 4.78 is 6.12. The van der Waals surface area contributed by atoms with Crippen molar-refractivity contribution in [2.24, 2.45) is 0 Å². The van der Waals surface area contributed by atoms with Crippen molar-refractivity contribution in [2.45, 2.75) is 0 Å². The third-order valence-corrected chi connectivity index (χ3v) is 3.77. The third-order valence-electron chi connectivity index (χ3n) is 2.15. The number of hydrogen-bond donors (Lipinski definition) is 0. The van der Waals surface area contributed by atoms with E-state index in [9.17, 15) is 4.79 Å². The molecule has 0 saturated heterocycles. The first-order chi connectivity index (χ1) is 7.72. The van der Waals surface area contributed by atoms with Crippen LogP contribution in [0, 0.1) is 0 Å². The molecular formula is C12H9BrO2S. The molecule has 0 N–H and O–H groups in total. The van der Waals surface area contributed by atoms with Gasteiger partial charge in [0.15, 0.2) is 0 Å². The Labute approximate surface area is 106 Å². The molecule has 16 heavy (non-hydrogen) atoms. The molecule has 0 radical (unpaired) electrons. The second kappa shape index (κ2) is 4.80. The zero-order valence-electron chi connectivity index (χ0n) is 8.57. The summed E-state index contributed by atoms with van der Waals surface area (Å²) >= 11 is 4.77. The minimum absolute atomic E-state index is 0.00634. The molecule has 0 bridgehead atoms. The predicted octanol–water partition coefficient (Wildman–Crippen LogP) is 3.75. The van der Waals surface area contributed by atoms with E-state index in [0.29, 0.717) is 16.2 Å².